The van der Waals surface area contributed by atoms with Crippen molar-refractivity contribution in [2.24, 2.45) is 10.7 Å². The molecule has 1 unspecified atom stereocenters. The molecule has 3 N–H and O–H groups in total. The lowest BCUT2D eigenvalue weighted by Gasteiger charge is -2.21. The van der Waals surface area contributed by atoms with Gasteiger partial charge in [-0.3, -0.25) is 0 Å². The van der Waals surface area contributed by atoms with E-state index in [0.29, 0.717) is 12.0 Å². The first kappa shape index (κ1) is 14.3. The van der Waals surface area contributed by atoms with Crippen LogP contribution in [0.4, 0.5) is 0 Å². The number of aryl methyl sites for hydroxylation is 1. The topological polar surface area (TPSA) is 68.2 Å². The Morgan fingerprint density at radius 1 is 1.65 bits per heavy atom. The van der Waals surface area contributed by atoms with E-state index in [-0.39, 0.29) is 30.0 Å². The Morgan fingerprint density at radius 2 is 2.41 bits per heavy atom. The molecule has 0 saturated carbocycles. The molecule has 2 rings (SSSR count). The monoisotopic (exact) mass is 349 g/mol. The molecule has 0 bridgehead atoms. The maximum absolute atomic E-state index is 5.81. The van der Waals surface area contributed by atoms with E-state index in [1.165, 1.54) is 0 Å². The molecule has 0 saturated heterocycles. The molecule has 1 atom stereocenters. The number of fused-ring (bicyclic) bond motifs is 1. The quantitative estimate of drug-likeness (QED) is 0.478. The average molecular weight is 349 g/mol. The van der Waals surface area contributed by atoms with E-state index in [1.807, 2.05) is 12.4 Å². The van der Waals surface area contributed by atoms with Gasteiger partial charge >= 0.3 is 0 Å². The number of aliphatic imine (C=N–C) groups is 1. The second-order valence-corrected chi connectivity index (χ2v) is 4.50. The molecule has 1 aromatic rings. The zero-order valence-corrected chi connectivity index (χ0v) is 12.6. The van der Waals surface area contributed by atoms with Gasteiger partial charge < -0.3 is 15.6 Å². The molecule has 5 nitrogen and oxygen atoms in total. The third-order valence-corrected chi connectivity index (χ3v) is 2.68. The van der Waals surface area contributed by atoms with Crippen molar-refractivity contribution in [3.8, 4) is 0 Å². The maximum Gasteiger partial charge on any atom is 0.189 e. The minimum Gasteiger partial charge on any atom is -0.370 e. The van der Waals surface area contributed by atoms with Crippen molar-refractivity contribution in [1.29, 1.82) is 0 Å². The maximum atomic E-state index is 5.81. The molecular formula is C11H20IN5. The lowest BCUT2D eigenvalue weighted by atomic mass is 10.1. The molecule has 0 radical (unpaired) electrons. The van der Waals surface area contributed by atoms with Crippen molar-refractivity contribution in [2.75, 3.05) is 0 Å². The fraction of sp³-hybridized carbons (Fsp3) is 0.636. The van der Waals surface area contributed by atoms with E-state index in [9.17, 15) is 0 Å². The summed E-state index contributed by atoms with van der Waals surface area (Å²) in [4.78, 5) is 8.79. The van der Waals surface area contributed by atoms with Crippen molar-refractivity contribution < 1.29 is 0 Å². The highest BCUT2D eigenvalue weighted by atomic mass is 127. The van der Waals surface area contributed by atoms with Gasteiger partial charge in [-0.2, -0.15) is 0 Å². The Kier molecular flexibility index (Phi) is 5.23. The summed E-state index contributed by atoms with van der Waals surface area (Å²) in [5, 5.41) is 3.11. The van der Waals surface area contributed by atoms with Crippen LogP contribution in [0.2, 0.25) is 0 Å². The molecule has 1 aliphatic heterocycles. The molecule has 2 heterocycles. The summed E-state index contributed by atoms with van der Waals surface area (Å²) in [6, 6.07) is 0.593. The normalized spacial score (nSPS) is 19.7. The van der Waals surface area contributed by atoms with Crippen LogP contribution in [0.25, 0.3) is 0 Å². The van der Waals surface area contributed by atoms with E-state index in [2.05, 4.69) is 33.7 Å². The van der Waals surface area contributed by atoms with E-state index < -0.39 is 0 Å². The minimum absolute atomic E-state index is 0. The van der Waals surface area contributed by atoms with Gasteiger partial charge in [0, 0.05) is 31.4 Å². The van der Waals surface area contributed by atoms with Gasteiger partial charge in [-0.15, -0.1) is 24.0 Å². The molecule has 1 aliphatic rings. The number of rotatable bonds is 2. The molecule has 0 amide bonds. The first-order chi connectivity index (χ1) is 7.65. The Bertz CT molecular complexity index is 385. The molecule has 0 aliphatic carbocycles. The number of nitrogens with two attached hydrogens (primary N) is 1. The Hall–Kier alpha value is -0.790. The molecular weight excluding hydrogens is 329 g/mol. The average Bonchev–Trinajstić information content (AvgIpc) is 2.63. The van der Waals surface area contributed by atoms with Crippen molar-refractivity contribution in [3.05, 3.63) is 18.2 Å². The standard InChI is InChI=1S/C11H19N5.HI/c1-8(2)14-11(12)15-9-3-5-16-6-4-13-10(16)7-9;/h4,6,8-9H,3,5,7H2,1-2H3,(H3,12,14,15);1H. The van der Waals surface area contributed by atoms with Gasteiger partial charge in [0.05, 0.1) is 6.04 Å². The summed E-state index contributed by atoms with van der Waals surface area (Å²) < 4.78 is 2.18. The highest BCUT2D eigenvalue weighted by Gasteiger charge is 2.18. The van der Waals surface area contributed by atoms with Crippen LogP contribution in [-0.4, -0.2) is 27.6 Å². The zero-order chi connectivity index (χ0) is 11.5. The number of nitrogens with one attached hydrogen (secondary N) is 1. The lowest BCUT2D eigenvalue weighted by Crippen LogP contribution is -2.38. The van der Waals surface area contributed by atoms with E-state index >= 15 is 0 Å². The second-order valence-electron chi connectivity index (χ2n) is 4.50. The summed E-state index contributed by atoms with van der Waals surface area (Å²) in [5.74, 6) is 1.65. The van der Waals surface area contributed by atoms with Crippen LogP contribution in [-0.2, 0) is 13.0 Å². The smallest absolute Gasteiger partial charge is 0.189 e. The van der Waals surface area contributed by atoms with Crippen molar-refractivity contribution in [1.82, 2.24) is 14.9 Å². The molecule has 17 heavy (non-hydrogen) atoms. The fourth-order valence-corrected chi connectivity index (χ4v) is 1.97. The lowest BCUT2D eigenvalue weighted by molar-refractivity contribution is 0.463. The van der Waals surface area contributed by atoms with Crippen LogP contribution in [0, 0.1) is 0 Å². The highest BCUT2D eigenvalue weighted by Crippen LogP contribution is 2.15. The van der Waals surface area contributed by atoms with Gasteiger partial charge in [-0.1, -0.05) is 0 Å². The van der Waals surface area contributed by atoms with Gasteiger partial charge in [0.15, 0.2) is 5.96 Å². The first-order valence-corrected chi connectivity index (χ1v) is 5.75. The summed E-state index contributed by atoms with van der Waals surface area (Å²) in [6.45, 7) is 5.09. The largest absolute Gasteiger partial charge is 0.370 e. The van der Waals surface area contributed by atoms with Crippen LogP contribution < -0.4 is 11.1 Å². The molecule has 96 valence electrons. The number of hydrogen-bond donors (Lipinski definition) is 2. The molecule has 0 spiro atoms. The Morgan fingerprint density at radius 3 is 3.12 bits per heavy atom. The van der Waals surface area contributed by atoms with Crippen molar-refractivity contribution in [2.45, 2.75) is 45.3 Å². The second kappa shape index (κ2) is 6.23. The fourth-order valence-electron chi connectivity index (χ4n) is 1.97. The minimum atomic E-state index is 0. The number of nitrogens with zero attached hydrogens (tertiary/aromatic N) is 3. The van der Waals surface area contributed by atoms with Gasteiger partial charge in [0.2, 0.25) is 0 Å². The molecule has 0 fully saturated rings. The predicted octanol–water partition coefficient (Wildman–Crippen LogP) is 1.13. The SMILES string of the molecule is CC(C)NC(N)=NC1CCn2ccnc2C1.I. The van der Waals surface area contributed by atoms with Crippen LogP contribution in [0.15, 0.2) is 17.4 Å². The van der Waals surface area contributed by atoms with Gasteiger partial charge in [0.25, 0.3) is 0 Å². The van der Waals surface area contributed by atoms with Gasteiger partial charge in [-0.25, -0.2) is 9.98 Å². The van der Waals surface area contributed by atoms with Crippen molar-refractivity contribution >= 4 is 29.9 Å². The van der Waals surface area contributed by atoms with Crippen LogP contribution in [0.3, 0.4) is 0 Å². The van der Waals surface area contributed by atoms with Gasteiger partial charge in [-0.05, 0) is 20.3 Å². The van der Waals surface area contributed by atoms with Crippen LogP contribution in [0.1, 0.15) is 26.1 Å². The number of guanidine groups is 1. The number of imidazole rings is 1. The van der Waals surface area contributed by atoms with E-state index in [0.717, 1.165) is 25.2 Å². The summed E-state index contributed by atoms with van der Waals surface area (Å²) in [5.41, 5.74) is 5.81. The Labute approximate surface area is 119 Å². The van der Waals surface area contributed by atoms with Crippen LogP contribution in [0.5, 0.6) is 0 Å². The highest BCUT2D eigenvalue weighted by molar-refractivity contribution is 14.0. The number of halogens is 1. The number of aromatic nitrogens is 2. The molecule has 0 aromatic carbocycles. The zero-order valence-electron chi connectivity index (χ0n) is 10.3. The first-order valence-electron chi connectivity index (χ1n) is 5.75. The van der Waals surface area contributed by atoms with Crippen LogP contribution >= 0.6 is 24.0 Å². The summed E-state index contributed by atoms with van der Waals surface area (Å²) >= 11 is 0. The summed E-state index contributed by atoms with van der Waals surface area (Å²) in [7, 11) is 0. The van der Waals surface area contributed by atoms with Crippen molar-refractivity contribution in [3.63, 3.8) is 0 Å². The number of hydrogen-bond acceptors (Lipinski definition) is 2. The van der Waals surface area contributed by atoms with E-state index in [1.54, 1.807) is 0 Å². The molecule has 6 heteroatoms. The molecule has 1 aromatic heterocycles. The van der Waals surface area contributed by atoms with E-state index in [4.69, 9.17) is 5.73 Å². The Balaban J connectivity index is 0.00000144. The predicted molar refractivity (Wildman–Crippen MR) is 79.6 cm³/mol. The third-order valence-electron chi connectivity index (χ3n) is 2.68. The summed E-state index contributed by atoms with van der Waals surface area (Å²) in [6.07, 6.45) is 5.78. The third kappa shape index (κ3) is 3.86. The van der Waals surface area contributed by atoms with Gasteiger partial charge in [0.1, 0.15) is 5.82 Å².